The number of carbonyl (C=O) groups is 1. The Labute approximate surface area is 110 Å². The molecule has 1 aromatic carbocycles. The summed E-state index contributed by atoms with van der Waals surface area (Å²) in [5.41, 5.74) is 1.95. The summed E-state index contributed by atoms with van der Waals surface area (Å²) in [5, 5.41) is 9.69. The zero-order valence-electron chi connectivity index (χ0n) is 10.4. The molecule has 2 N–H and O–H groups in total. The molecule has 0 radical (unpaired) electrons. The summed E-state index contributed by atoms with van der Waals surface area (Å²) in [6.07, 6.45) is 0. The van der Waals surface area contributed by atoms with Crippen molar-refractivity contribution < 1.29 is 4.79 Å². The van der Waals surface area contributed by atoms with Crippen LogP contribution in [-0.4, -0.2) is 21.9 Å². The smallest absolute Gasteiger partial charge is 0.235 e. The fourth-order valence-corrected chi connectivity index (χ4v) is 2.16. The maximum atomic E-state index is 11.8. The molecule has 0 atom stereocenters. The van der Waals surface area contributed by atoms with Gasteiger partial charge in [0.2, 0.25) is 5.91 Å². The Morgan fingerprint density at radius 2 is 2.06 bits per heavy atom. The van der Waals surface area contributed by atoms with E-state index in [4.69, 9.17) is 0 Å². The van der Waals surface area contributed by atoms with Crippen LogP contribution in [0.25, 0.3) is 0 Å². The summed E-state index contributed by atoms with van der Waals surface area (Å²) in [4.78, 5) is 12.8. The van der Waals surface area contributed by atoms with Crippen LogP contribution in [0.1, 0.15) is 11.3 Å². The molecular formula is C13H15N3OS. The minimum absolute atomic E-state index is 0.0431. The van der Waals surface area contributed by atoms with Crippen molar-refractivity contribution in [2.45, 2.75) is 18.7 Å². The van der Waals surface area contributed by atoms with E-state index in [0.29, 0.717) is 11.6 Å². The Hall–Kier alpha value is -1.75. The Bertz CT molecular complexity index is 536. The van der Waals surface area contributed by atoms with Gasteiger partial charge in [-0.05, 0) is 26.0 Å². The van der Waals surface area contributed by atoms with Gasteiger partial charge in [-0.25, -0.2) is 0 Å². The molecule has 0 saturated heterocycles. The monoisotopic (exact) mass is 261 g/mol. The van der Waals surface area contributed by atoms with E-state index in [1.807, 2.05) is 44.2 Å². The number of H-pyrrole nitrogens is 1. The molecule has 0 bridgehead atoms. The summed E-state index contributed by atoms with van der Waals surface area (Å²) < 4.78 is 0. The van der Waals surface area contributed by atoms with Crippen LogP contribution in [0.5, 0.6) is 0 Å². The second kappa shape index (κ2) is 5.73. The van der Waals surface area contributed by atoms with Crippen LogP contribution in [0.3, 0.4) is 0 Å². The number of aromatic nitrogens is 2. The van der Waals surface area contributed by atoms with Gasteiger partial charge in [0.1, 0.15) is 0 Å². The minimum Gasteiger partial charge on any atom is -0.308 e. The van der Waals surface area contributed by atoms with Crippen molar-refractivity contribution in [1.82, 2.24) is 10.2 Å². The first-order valence-electron chi connectivity index (χ1n) is 5.66. The van der Waals surface area contributed by atoms with E-state index in [9.17, 15) is 4.79 Å². The van der Waals surface area contributed by atoms with Gasteiger partial charge in [-0.1, -0.05) is 18.2 Å². The fraction of sp³-hybridized carbons (Fsp3) is 0.231. The molecule has 5 heteroatoms. The standard InChI is InChI=1S/C13H15N3OS/c1-9-10(2)15-16-13(9)14-12(17)8-18-11-6-4-3-5-7-11/h3-7H,8H2,1-2H3,(H2,14,15,16,17). The van der Waals surface area contributed by atoms with E-state index in [1.54, 1.807) is 0 Å². The molecule has 0 unspecified atom stereocenters. The number of benzene rings is 1. The van der Waals surface area contributed by atoms with Crippen LogP contribution in [0.2, 0.25) is 0 Å². The highest BCUT2D eigenvalue weighted by molar-refractivity contribution is 8.00. The van der Waals surface area contributed by atoms with Crippen molar-refractivity contribution in [3.8, 4) is 0 Å². The highest BCUT2D eigenvalue weighted by atomic mass is 32.2. The first-order chi connectivity index (χ1) is 8.66. The van der Waals surface area contributed by atoms with E-state index in [0.717, 1.165) is 16.2 Å². The third-order valence-corrected chi connectivity index (χ3v) is 3.64. The Morgan fingerprint density at radius 1 is 1.33 bits per heavy atom. The summed E-state index contributed by atoms with van der Waals surface area (Å²) in [6.45, 7) is 3.86. The van der Waals surface area contributed by atoms with E-state index in [1.165, 1.54) is 11.8 Å². The number of anilines is 1. The third-order valence-electron chi connectivity index (χ3n) is 2.62. The molecule has 0 aliphatic heterocycles. The first-order valence-corrected chi connectivity index (χ1v) is 6.64. The number of aryl methyl sites for hydroxylation is 1. The van der Waals surface area contributed by atoms with Crippen LogP contribution in [0.4, 0.5) is 5.82 Å². The van der Waals surface area contributed by atoms with Crippen molar-refractivity contribution in [3.05, 3.63) is 41.6 Å². The van der Waals surface area contributed by atoms with Crippen LogP contribution < -0.4 is 5.32 Å². The van der Waals surface area contributed by atoms with Gasteiger partial charge in [-0.15, -0.1) is 11.8 Å². The summed E-state index contributed by atoms with van der Waals surface area (Å²) in [5.74, 6) is 0.958. The van der Waals surface area contributed by atoms with Gasteiger partial charge in [0, 0.05) is 16.2 Å². The number of thioether (sulfide) groups is 1. The second-order valence-corrected chi connectivity index (χ2v) is 5.02. The quantitative estimate of drug-likeness (QED) is 0.832. The van der Waals surface area contributed by atoms with Crippen LogP contribution in [0.15, 0.2) is 35.2 Å². The highest BCUT2D eigenvalue weighted by Crippen LogP contribution is 2.18. The third kappa shape index (κ3) is 3.13. The zero-order valence-corrected chi connectivity index (χ0v) is 11.2. The number of hydrogen-bond acceptors (Lipinski definition) is 3. The fourth-order valence-electron chi connectivity index (χ4n) is 1.44. The van der Waals surface area contributed by atoms with Crippen LogP contribution >= 0.6 is 11.8 Å². The summed E-state index contributed by atoms with van der Waals surface area (Å²) in [7, 11) is 0. The summed E-state index contributed by atoms with van der Waals surface area (Å²) >= 11 is 1.51. The number of nitrogens with zero attached hydrogens (tertiary/aromatic N) is 1. The SMILES string of the molecule is Cc1[nH]nc(NC(=O)CSc2ccccc2)c1C. The number of hydrogen-bond donors (Lipinski definition) is 2. The van der Waals surface area contributed by atoms with Gasteiger partial charge in [-0.3, -0.25) is 9.89 Å². The van der Waals surface area contributed by atoms with Crippen LogP contribution in [-0.2, 0) is 4.79 Å². The molecule has 0 fully saturated rings. The lowest BCUT2D eigenvalue weighted by Crippen LogP contribution is -2.15. The van der Waals surface area contributed by atoms with Gasteiger partial charge in [-0.2, -0.15) is 5.10 Å². The Kier molecular flexibility index (Phi) is 4.04. The average molecular weight is 261 g/mol. The van der Waals surface area contributed by atoms with E-state index in [2.05, 4.69) is 15.5 Å². The molecule has 0 spiro atoms. The minimum atomic E-state index is -0.0431. The Morgan fingerprint density at radius 3 is 2.67 bits per heavy atom. The molecule has 1 amide bonds. The Balaban J connectivity index is 1.88. The number of rotatable bonds is 4. The van der Waals surface area contributed by atoms with Gasteiger partial charge in [0.25, 0.3) is 0 Å². The molecule has 1 aromatic heterocycles. The largest absolute Gasteiger partial charge is 0.308 e. The highest BCUT2D eigenvalue weighted by Gasteiger charge is 2.09. The van der Waals surface area contributed by atoms with Gasteiger partial charge in [0.15, 0.2) is 5.82 Å². The van der Waals surface area contributed by atoms with Gasteiger partial charge >= 0.3 is 0 Å². The van der Waals surface area contributed by atoms with Crippen LogP contribution in [0, 0.1) is 13.8 Å². The molecule has 0 saturated carbocycles. The lowest BCUT2D eigenvalue weighted by atomic mass is 10.3. The average Bonchev–Trinajstić information content (AvgIpc) is 2.70. The molecule has 1 heterocycles. The van der Waals surface area contributed by atoms with Crippen molar-refractivity contribution in [3.63, 3.8) is 0 Å². The predicted molar refractivity (Wildman–Crippen MR) is 73.9 cm³/mol. The lowest BCUT2D eigenvalue weighted by Gasteiger charge is -2.03. The van der Waals surface area contributed by atoms with E-state index < -0.39 is 0 Å². The molecular weight excluding hydrogens is 246 g/mol. The van der Waals surface area contributed by atoms with Crippen molar-refractivity contribution in [2.24, 2.45) is 0 Å². The number of carbonyl (C=O) groups excluding carboxylic acids is 1. The van der Waals surface area contributed by atoms with E-state index in [-0.39, 0.29) is 5.91 Å². The molecule has 94 valence electrons. The predicted octanol–water partition coefficient (Wildman–Crippen LogP) is 2.76. The molecule has 4 nitrogen and oxygen atoms in total. The van der Waals surface area contributed by atoms with Crippen molar-refractivity contribution >= 4 is 23.5 Å². The number of nitrogens with one attached hydrogen (secondary N) is 2. The zero-order chi connectivity index (χ0) is 13.0. The molecule has 0 aliphatic rings. The van der Waals surface area contributed by atoms with Crippen molar-refractivity contribution in [1.29, 1.82) is 0 Å². The second-order valence-electron chi connectivity index (χ2n) is 3.97. The van der Waals surface area contributed by atoms with Crippen molar-refractivity contribution in [2.75, 3.05) is 11.1 Å². The van der Waals surface area contributed by atoms with Gasteiger partial charge < -0.3 is 5.32 Å². The normalized spacial score (nSPS) is 10.3. The number of aromatic amines is 1. The lowest BCUT2D eigenvalue weighted by molar-refractivity contribution is -0.113. The number of amides is 1. The molecule has 2 rings (SSSR count). The van der Waals surface area contributed by atoms with Gasteiger partial charge in [0.05, 0.1) is 5.75 Å². The first kappa shape index (κ1) is 12.7. The van der Waals surface area contributed by atoms with E-state index >= 15 is 0 Å². The topological polar surface area (TPSA) is 57.8 Å². The molecule has 0 aliphatic carbocycles. The maximum absolute atomic E-state index is 11.8. The molecule has 18 heavy (non-hydrogen) atoms. The summed E-state index contributed by atoms with van der Waals surface area (Å²) in [6, 6.07) is 9.85. The maximum Gasteiger partial charge on any atom is 0.235 e. The molecule has 2 aromatic rings.